The average Bonchev–Trinajstić information content (AvgIpc) is 1.52. The molecule has 2 aliphatic carbocycles. The molecule has 0 bridgehead atoms. The molecule has 2 N–H and O–H groups in total. The fraction of sp³-hybridized carbons (Fsp3) is 0.492. The first kappa shape index (κ1) is 78.1. The number of hydrogen-bond donors (Lipinski definition) is 2. The number of pyridine rings is 1. The zero-order valence-corrected chi connectivity index (χ0v) is 59.7. The second kappa shape index (κ2) is 28.0. The van der Waals surface area contributed by atoms with Crippen LogP contribution in [-0.4, -0.2) is 113 Å². The number of halogens is 11. The van der Waals surface area contributed by atoms with Gasteiger partial charge in [0.05, 0.1) is 52.5 Å². The van der Waals surface area contributed by atoms with Crippen LogP contribution < -0.4 is 19.5 Å². The normalized spacial score (nSPS) is 16.0. The van der Waals surface area contributed by atoms with Crippen LogP contribution >= 0.6 is 19.4 Å². The van der Waals surface area contributed by atoms with Crippen LogP contribution in [0.3, 0.4) is 0 Å². The number of fused-ring (bicyclic) bond motifs is 4. The number of carbonyl (C=O) groups excluding carboxylic acids is 4. The number of sulfonamides is 1. The van der Waals surface area contributed by atoms with Crippen molar-refractivity contribution in [1.82, 2.24) is 35.2 Å². The number of phosphoric acid groups is 1. The van der Waals surface area contributed by atoms with Gasteiger partial charge in [0.15, 0.2) is 21.3 Å². The molecular weight excluding hydrogens is 1420 g/mol. The smallest absolute Gasteiger partial charge is 0.459 e. The number of amides is 3. The summed E-state index contributed by atoms with van der Waals surface area (Å²) in [5.41, 5.74) is -8.89. The van der Waals surface area contributed by atoms with Gasteiger partial charge in [0.25, 0.3) is 5.92 Å². The summed E-state index contributed by atoms with van der Waals surface area (Å²) in [4.78, 5) is 61.1. The van der Waals surface area contributed by atoms with Crippen LogP contribution in [0.15, 0.2) is 54.6 Å². The number of esters is 1. The van der Waals surface area contributed by atoms with Gasteiger partial charge in [-0.3, -0.25) is 37.6 Å². The molecule has 21 nitrogen and oxygen atoms in total. The quantitative estimate of drug-likeness (QED) is 0.0247. The van der Waals surface area contributed by atoms with Crippen molar-refractivity contribution >= 4 is 79.7 Å². The third-order valence-electron chi connectivity index (χ3n) is 15.7. The molecule has 544 valence electrons. The third kappa shape index (κ3) is 18.0. The first-order valence-electron chi connectivity index (χ1n) is 30.8. The van der Waals surface area contributed by atoms with Gasteiger partial charge >= 0.3 is 26.1 Å². The molecule has 3 aromatic heterocycles. The number of rotatable bonds is 24. The van der Waals surface area contributed by atoms with E-state index in [2.05, 4.69) is 37.7 Å². The van der Waals surface area contributed by atoms with Crippen molar-refractivity contribution in [2.75, 3.05) is 23.4 Å². The molecule has 2 aliphatic rings. The molecule has 3 amide bonds. The number of nitrogens with zero attached hydrogens (tertiary/aromatic N) is 6. The van der Waals surface area contributed by atoms with Crippen LogP contribution in [0.4, 0.5) is 49.7 Å². The number of nitrogens with one attached hydrogen (secondary N) is 2. The predicted octanol–water partition coefficient (Wildman–Crippen LogP) is 12.6. The molecule has 0 aliphatic heterocycles. The maximum absolute atomic E-state index is 15.9. The Kier molecular flexibility index (Phi) is 21.8. The molecule has 3 heterocycles. The zero-order chi connectivity index (χ0) is 74.9. The molecule has 0 spiro atoms. The van der Waals surface area contributed by atoms with Crippen molar-refractivity contribution in [3.63, 3.8) is 0 Å². The number of carbonyl (C=O) groups is 4. The molecule has 0 unspecified atom stereocenters. The van der Waals surface area contributed by atoms with Crippen molar-refractivity contribution in [2.24, 2.45) is 5.92 Å². The fourth-order valence-electron chi connectivity index (χ4n) is 11.7. The largest absolute Gasteiger partial charge is 0.530 e. The van der Waals surface area contributed by atoms with Crippen LogP contribution in [0.25, 0.3) is 22.0 Å². The van der Waals surface area contributed by atoms with E-state index in [1.807, 2.05) is 0 Å². The number of benzene rings is 3. The van der Waals surface area contributed by atoms with Crippen LogP contribution in [-0.2, 0) is 101 Å². The van der Waals surface area contributed by atoms with E-state index in [9.17, 15) is 49.0 Å². The lowest BCUT2D eigenvalue weighted by Crippen LogP contribution is -2.40. The van der Waals surface area contributed by atoms with Gasteiger partial charge in [0.1, 0.15) is 58.8 Å². The predicted molar refractivity (Wildman–Crippen MR) is 347 cm³/mol. The molecule has 3 aromatic carbocycles. The highest BCUT2D eigenvalue weighted by Gasteiger charge is 2.68. The topological polar surface area (TPSA) is 266 Å². The number of anilines is 1. The summed E-state index contributed by atoms with van der Waals surface area (Å²) in [5, 5.41) is 11.2. The summed E-state index contributed by atoms with van der Waals surface area (Å²) >= 11 is 6.94. The Labute approximate surface area is 574 Å². The Bertz CT molecular complexity index is 4580. The first-order valence-corrected chi connectivity index (χ1v) is 36.4. The average molecular weight is 1490 g/mol. The van der Waals surface area contributed by atoms with Gasteiger partial charge < -0.3 is 19.9 Å². The molecule has 8 rings (SSSR count). The van der Waals surface area contributed by atoms with E-state index in [1.54, 1.807) is 27.7 Å². The van der Waals surface area contributed by atoms with Crippen LogP contribution in [0.2, 0.25) is 5.02 Å². The van der Waals surface area contributed by atoms with Gasteiger partial charge in [-0.25, -0.2) is 35.2 Å². The van der Waals surface area contributed by atoms with E-state index < -0.39 is 216 Å². The molecule has 6 aromatic rings. The third-order valence-corrected chi connectivity index (χ3v) is 20.8. The van der Waals surface area contributed by atoms with Crippen molar-refractivity contribution in [3.05, 3.63) is 122 Å². The van der Waals surface area contributed by atoms with Gasteiger partial charge in [0, 0.05) is 52.3 Å². The second-order valence-electron chi connectivity index (χ2n) is 27.2. The van der Waals surface area contributed by atoms with Gasteiger partial charge in [-0.1, -0.05) is 43.5 Å². The van der Waals surface area contributed by atoms with E-state index in [0.717, 1.165) is 42.7 Å². The number of aromatic nitrogens is 5. The molecule has 3 atom stereocenters. The van der Waals surface area contributed by atoms with Crippen molar-refractivity contribution < 1.29 is 103 Å². The number of sulfone groups is 1. The highest BCUT2D eigenvalue weighted by atomic mass is 35.5. The number of ether oxygens (including phenoxy) is 1. The zero-order valence-electron chi connectivity index (χ0n) is 56.4. The number of hydrogen-bond acceptors (Lipinski definition) is 16. The first-order chi connectivity index (χ1) is 45.7. The minimum absolute atomic E-state index is 0.0459. The SMILES string of the molecule is Cc1cc(CC(=O)NCC(=O)OC(C)(C)C)c(C(C)(C)CC(=O)N(c2nn(CC(F)(F)F)c3c(-c4ccc(C#CC(C)(C)S(C)(=O)=O)nc4[C@H](Cc4cc(F)cc(F)c4)NC(=O)Cn4nc(C(F)(F)F)c5c4C(F)(F)[C@@H]4C[C@H]54)ccc(Cl)c23)S(C)(=O)=O)c(OP(=O)(OC(C)C)OC(C)C)c1. The summed E-state index contributed by atoms with van der Waals surface area (Å²) in [5.74, 6) is -9.75. The lowest BCUT2D eigenvalue weighted by molar-refractivity contribution is -0.154. The monoisotopic (exact) mass is 1490 g/mol. The minimum atomic E-state index is -5.28. The van der Waals surface area contributed by atoms with Gasteiger partial charge in [0.2, 0.25) is 27.7 Å². The van der Waals surface area contributed by atoms with Crippen LogP contribution in [0.1, 0.15) is 152 Å². The Hall–Kier alpha value is -7.63. The number of alkyl halides is 8. The van der Waals surface area contributed by atoms with E-state index in [1.165, 1.54) is 67.5 Å². The Morgan fingerprint density at radius 3 is 2.01 bits per heavy atom. The number of phosphoric ester groups is 1. The molecular formula is C65H72ClF10N8O13PS2. The highest BCUT2D eigenvalue weighted by Crippen LogP contribution is 2.68. The molecule has 100 heavy (non-hydrogen) atoms. The summed E-state index contributed by atoms with van der Waals surface area (Å²) < 4.78 is 242. The van der Waals surface area contributed by atoms with Gasteiger partial charge in [-0.05, 0) is 147 Å². The molecule has 0 radical (unpaired) electrons. The Morgan fingerprint density at radius 1 is 0.840 bits per heavy atom. The Balaban J connectivity index is 1.34. The van der Waals surface area contributed by atoms with Gasteiger partial charge in [-0.2, -0.15) is 49.6 Å². The van der Waals surface area contributed by atoms with Crippen molar-refractivity contribution in [2.45, 2.75) is 180 Å². The highest BCUT2D eigenvalue weighted by molar-refractivity contribution is 7.93. The van der Waals surface area contributed by atoms with Crippen molar-refractivity contribution in [1.29, 1.82) is 0 Å². The summed E-state index contributed by atoms with van der Waals surface area (Å²) in [6.07, 6.45) is -13.5. The molecule has 0 saturated heterocycles. The second-order valence-corrected chi connectivity index (χ2v) is 33.5. The molecule has 1 fully saturated rings. The van der Waals surface area contributed by atoms with Crippen molar-refractivity contribution in [3.8, 4) is 28.7 Å². The van der Waals surface area contributed by atoms with E-state index in [0.29, 0.717) is 17.9 Å². The van der Waals surface area contributed by atoms with E-state index in [4.69, 9.17) is 29.9 Å². The lowest BCUT2D eigenvalue weighted by Gasteiger charge is -2.32. The van der Waals surface area contributed by atoms with Gasteiger partial charge in [-0.15, -0.1) is 0 Å². The summed E-state index contributed by atoms with van der Waals surface area (Å²) in [6.45, 7) is 13.6. The molecule has 1 saturated carbocycles. The standard InChI is InChI=1S/C65H72ClF10N8O13PS2/c1-33(2)95-98(89,96-34(3)4)97-47-22-35(5)21-37(26-48(85)77-30-51(88)94-60(6,7)8)54(47)61(9,10)29-50(87)84(100(14,92)93)59-53-45(66)18-17-42(56(53)83(81-59)32-63(69,70)71)41-16-15-40(19-20-62(11,12)99(13,90)91)78-55(41)46(25-36-23-38(67)27-39(68)24-36)79-49(86)31-82-58-52(57(80-82)65(74,75)76)43-28-44(43)64(58,72)73/h15-18,21-24,27,33-34,43-44,46H,25-26,28-32H2,1-14H3,(H,77,85)(H,79,86)/t43-,44+,46-/m0/s1. The maximum Gasteiger partial charge on any atom is 0.530 e. The van der Waals surface area contributed by atoms with E-state index >= 15 is 35.5 Å². The lowest BCUT2D eigenvalue weighted by atomic mass is 9.77. The van der Waals surface area contributed by atoms with Crippen LogP contribution in [0, 0.1) is 36.3 Å². The van der Waals surface area contributed by atoms with E-state index in [-0.39, 0.29) is 53.8 Å². The maximum atomic E-state index is 15.9. The summed E-state index contributed by atoms with van der Waals surface area (Å²) in [7, 11) is -13.8. The Morgan fingerprint density at radius 2 is 1.45 bits per heavy atom. The van der Waals surface area contributed by atoms with Crippen LogP contribution in [0.5, 0.6) is 5.75 Å². The fourth-order valence-corrected chi connectivity index (χ4v) is 14.6. The minimum Gasteiger partial charge on any atom is -0.459 e. The summed E-state index contributed by atoms with van der Waals surface area (Å²) in [6, 6.07) is 7.33. The molecule has 35 heteroatoms. The number of aryl methyl sites for hydroxylation is 1.